The minimum absolute atomic E-state index is 0.179. The number of ether oxygens (including phenoxy) is 2. The monoisotopic (exact) mass is 372 g/mol. The number of benzene rings is 1. The van der Waals surface area contributed by atoms with Crippen molar-refractivity contribution in [3.8, 4) is 5.75 Å². The smallest absolute Gasteiger partial charge is 0.126 e. The van der Waals surface area contributed by atoms with Gasteiger partial charge in [-0.2, -0.15) is 0 Å². The Kier molecular flexibility index (Phi) is 4.82. The molecular weight excluding hydrogens is 352 g/mol. The maximum absolute atomic E-state index is 6.30. The van der Waals surface area contributed by atoms with E-state index in [0.717, 1.165) is 27.8 Å². The van der Waals surface area contributed by atoms with Crippen LogP contribution in [0.25, 0.3) is 0 Å². The Labute approximate surface area is 140 Å². The fraction of sp³-hybridized carbons (Fsp3) is 0.647. The van der Waals surface area contributed by atoms with Gasteiger partial charge in [-0.1, -0.05) is 28.8 Å². The molecule has 4 heteroatoms. The molecule has 116 valence electrons. The Morgan fingerprint density at radius 2 is 2.10 bits per heavy atom. The molecule has 0 aromatic heterocycles. The standard InChI is InChI=1S/C17H22BrClO2/c1-12-8-14(18)9-13(10-19)16(12)20-11-15-4-7-17(21-15)5-2-3-6-17/h8-9,15H,2-7,10-11H2,1H3. The van der Waals surface area contributed by atoms with Crippen LogP contribution in [-0.4, -0.2) is 18.3 Å². The highest BCUT2D eigenvalue weighted by Crippen LogP contribution is 2.43. The van der Waals surface area contributed by atoms with E-state index in [0.29, 0.717) is 12.5 Å². The minimum Gasteiger partial charge on any atom is -0.490 e. The molecular formula is C17H22BrClO2. The number of halogens is 2. The minimum atomic E-state index is 0.179. The van der Waals surface area contributed by atoms with Crippen molar-refractivity contribution in [2.45, 2.75) is 63.0 Å². The van der Waals surface area contributed by atoms with Gasteiger partial charge < -0.3 is 9.47 Å². The van der Waals surface area contributed by atoms with E-state index in [-0.39, 0.29) is 11.7 Å². The molecule has 1 saturated heterocycles. The fourth-order valence-corrected chi connectivity index (χ4v) is 4.50. The van der Waals surface area contributed by atoms with E-state index in [1.54, 1.807) is 0 Å². The maximum Gasteiger partial charge on any atom is 0.126 e. The average Bonchev–Trinajstić information content (AvgIpc) is 3.08. The van der Waals surface area contributed by atoms with Gasteiger partial charge in [-0.15, -0.1) is 11.6 Å². The summed E-state index contributed by atoms with van der Waals surface area (Å²) in [7, 11) is 0. The molecule has 1 atom stereocenters. The topological polar surface area (TPSA) is 18.5 Å². The molecule has 1 saturated carbocycles. The Morgan fingerprint density at radius 1 is 1.33 bits per heavy atom. The largest absolute Gasteiger partial charge is 0.490 e. The van der Waals surface area contributed by atoms with Gasteiger partial charge in [0, 0.05) is 10.0 Å². The van der Waals surface area contributed by atoms with Crippen LogP contribution in [0.1, 0.15) is 49.7 Å². The molecule has 0 N–H and O–H groups in total. The predicted octanol–water partition coefficient (Wildman–Crippen LogP) is 5.37. The zero-order chi connectivity index (χ0) is 14.9. The van der Waals surface area contributed by atoms with Crippen molar-refractivity contribution in [2.75, 3.05) is 6.61 Å². The molecule has 1 aliphatic heterocycles. The number of hydrogen-bond acceptors (Lipinski definition) is 2. The molecule has 1 spiro atoms. The molecule has 2 aliphatic rings. The Hall–Kier alpha value is -0.250. The first-order valence-electron chi connectivity index (χ1n) is 7.77. The highest BCUT2D eigenvalue weighted by atomic mass is 79.9. The normalized spacial score (nSPS) is 23.9. The van der Waals surface area contributed by atoms with Crippen LogP contribution >= 0.6 is 27.5 Å². The molecule has 1 heterocycles. The van der Waals surface area contributed by atoms with Gasteiger partial charge in [0.1, 0.15) is 12.4 Å². The Morgan fingerprint density at radius 3 is 2.81 bits per heavy atom. The second-order valence-corrected chi connectivity index (χ2v) is 7.51. The number of rotatable bonds is 4. The van der Waals surface area contributed by atoms with E-state index < -0.39 is 0 Å². The van der Waals surface area contributed by atoms with Crippen LogP contribution in [0, 0.1) is 6.92 Å². The third kappa shape index (κ3) is 3.40. The van der Waals surface area contributed by atoms with Crippen molar-refractivity contribution >= 4 is 27.5 Å². The van der Waals surface area contributed by atoms with Crippen LogP contribution in [0.3, 0.4) is 0 Å². The lowest BCUT2D eigenvalue weighted by atomic mass is 9.98. The molecule has 0 bridgehead atoms. The molecule has 21 heavy (non-hydrogen) atoms. The summed E-state index contributed by atoms with van der Waals surface area (Å²) in [5.74, 6) is 1.38. The van der Waals surface area contributed by atoms with Crippen molar-refractivity contribution in [1.82, 2.24) is 0 Å². The summed E-state index contributed by atoms with van der Waals surface area (Å²) in [5.41, 5.74) is 2.34. The second-order valence-electron chi connectivity index (χ2n) is 6.32. The van der Waals surface area contributed by atoms with Gasteiger partial charge in [0.15, 0.2) is 0 Å². The van der Waals surface area contributed by atoms with Crippen molar-refractivity contribution in [2.24, 2.45) is 0 Å². The Balaban J connectivity index is 1.63. The van der Waals surface area contributed by atoms with E-state index in [1.807, 2.05) is 6.07 Å². The summed E-state index contributed by atoms with van der Waals surface area (Å²) in [4.78, 5) is 0. The molecule has 1 aromatic rings. The second kappa shape index (κ2) is 6.47. The maximum atomic E-state index is 6.30. The van der Waals surface area contributed by atoms with E-state index in [4.69, 9.17) is 21.1 Å². The fourth-order valence-electron chi connectivity index (χ4n) is 3.68. The third-order valence-corrected chi connectivity index (χ3v) is 5.47. The lowest BCUT2D eigenvalue weighted by Gasteiger charge is -2.24. The molecule has 2 nitrogen and oxygen atoms in total. The third-order valence-electron chi connectivity index (χ3n) is 4.73. The van der Waals surface area contributed by atoms with E-state index in [2.05, 4.69) is 28.9 Å². The van der Waals surface area contributed by atoms with Crippen LogP contribution < -0.4 is 4.74 Å². The van der Waals surface area contributed by atoms with Crippen molar-refractivity contribution in [3.05, 3.63) is 27.7 Å². The summed E-state index contributed by atoms with van der Waals surface area (Å²) < 4.78 is 13.4. The van der Waals surface area contributed by atoms with Gasteiger partial charge in [-0.25, -0.2) is 0 Å². The van der Waals surface area contributed by atoms with Crippen LogP contribution in [0.4, 0.5) is 0 Å². The Bertz CT molecular complexity index is 512. The van der Waals surface area contributed by atoms with Crippen LogP contribution in [0.15, 0.2) is 16.6 Å². The van der Waals surface area contributed by atoms with Crippen molar-refractivity contribution < 1.29 is 9.47 Å². The van der Waals surface area contributed by atoms with Crippen LogP contribution in [0.2, 0.25) is 0 Å². The zero-order valence-corrected chi connectivity index (χ0v) is 14.8. The van der Waals surface area contributed by atoms with Crippen LogP contribution in [-0.2, 0) is 10.6 Å². The SMILES string of the molecule is Cc1cc(Br)cc(CCl)c1OCC1CCC2(CCCC2)O1. The molecule has 0 amide bonds. The first-order chi connectivity index (χ1) is 10.1. The van der Waals surface area contributed by atoms with Gasteiger partial charge in [-0.3, -0.25) is 0 Å². The van der Waals surface area contributed by atoms with E-state index in [9.17, 15) is 0 Å². The molecule has 1 aliphatic carbocycles. The summed E-state index contributed by atoms with van der Waals surface area (Å²) in [5, 5.41) is 0. The van der Waals surface area contributed by atoms with Gasteiger partial charge in [-0.05, 0) is 50.3 Å². The number of alkyl halides is 1. The average molecular weight is 374 g/mol. The first-order valence-corrected chi connectivity index (χ1v) is 9.10. The molecule has 2 fully saturated rings. The molecule has 1 aromatic carbocycles. The highest BCUT2D eigenvalue weighted by Gasteiger charge is 2.42. The van der Waals surface area contributed by atoms with Crippen molar-refractivity contribution in [1.29, 1.82) is 0 Å². The number of aryl methyl sites for hydroxylation is 1. The molecule has 3 rings (SSSR count). The first kappa shape index (κ1) is 15.6. The van der Waals surface area contributed by atoms with Gasteiger partial charge >= 0.3 is 0 Å². The highest BCUT2D eigenvalue weighted by molar-refractivity contribution is 9.10. The van der Waals surface area contributed by atoms with Gasteiger partial charge in [0.25, 0.3) is 0 Å². The summed E-state index contributed by atoms with van der Waals surface area (Å²) in [6.07, 6.45) is 7.64. The van der Waals surface area contributed by atoms with Gasteiger partial charge in [0.05, 0.1) is 17.6 Å². The van der Waals surface area contributed by atoms with Crippen molar-refractivity contribution in [3.63, 3.8) is 0 Å². The van der Waals surface area contributed by atoms with Gasteiger partial charge in [0.2, 0.25) is 0 Å². The summed E-state index contributed by atoms with van der Waals surface area (Å²) >= 11 is 9.54. The van der Waals surface area contributed by atoms with Crippen LogP contribution in [0.5, 0.6) is 5.75 Å². The van der Waals surface area contributed by atoms with E-state index >= 15 is 0 Å². The predicted molar refractivity (Wildman–Crippen MR) is 89.2 cm³/mol. The summed E-state index contributed by atoms with van der Waals surface area (Å²) in [6.45, 7) is 2.69. The summed E-state index contributed by atoms with van der Waals surface area (Å²) in [6, 6.07) is 4.10. The lowest BCUT2D eigenvalue weighted by molar-refractivity contribution is -0.0510. The zero-order valence-electron chi connectivity index (χ0n) is 12.5. The molecule has 1 unspecified atom stereocenters. The lowest BCUT2D eigenvalue weighted by Crippen LogP contribution is -2.27. The number of hydrogen-bond donors (Lipinski definition) is 0. The quantitative estimate of drug-likeness (QED) is 0.661. The molecule has 0 radical (unpaired) electrons. The van der Waals surface area contributed by atoms with E-state index in [1.165, 1.54) is 32.1 Å².